The molecule has 2 rings (SSSR count). The number of carbonyl (C=O) groups is 1. The summed E-state index contributed by atoms with van der Waals surface area (Å²) in [4.78, 5) is 21.0. The lowest BCUT2D eigenvalue weighted by molar-refractivity contribution is -0.387. The van der Waals surface area contributed by atoms with Crippen molar-refractivity contribution in [1.29, 1.82) is 0 Å². The lowest BCUT2D eigenvalue weighted by Crippen LogP contribution is -2.31. The van der Waals surface area contributed by atoms with E-state index in [1.165, 1.54) is 12.1 Å². The van der Waals surface area contributed by atoms with E-state index < -0.39 is 31.6 Å². The van der Waals surface area contributed by atoms with Gasteiger partial charge in [-0.05, 0) is 11.6 Å². The van der Waals surface area contributed by atoms with E-state index in [2.05, 4.69) is 0 Å². The van der Waals surface area contributed by atoms with Crippen molar-refractivity contribution < 1.29 is 22.9 Å². The molecule has 2 aromatic rings. The number of nitro groups is 1. The second kappa shape index (κ2) is 6.88. The molecule has 0 radical (unpaired) electrons. The summed E-state index contributed by atoms with van der Waals surface area (Å²) in [5.41, 5.74) is 0.0431. The molecule has 23 heavy (non-hydrogen) atoms. The van der Waals surface area contributed by atoms with Crippen LogP contribution in [0.25, 0.3) is 0 Å². The number of para-hydroxylation sites is 1. The quantitative estimate of drug-likeness (QED) is 0.508. The average Bonchev–Trinajstić information content (AvgIpc) is 2.53. The van der Waals surface area contributed by atoms with Gasteiger partial charge in [-0.3, -0.25) is 10.1 Å². The minimum atomic E-state index is -4.41. The molecule has 9 heteroatoms. The van der Waals surface area contributed by atoms with Crippen LogP contribution < -0.4 is 4.72 Å². The molecule has 1 amide bonds. The van der Waals surface area contributed by atoms with Crippen molar-refractivity contribution in [2.24, 2.45) is 0 Å². The Morgan fingerprint density at radius 3 is 2.35 bits per heavy atom. The van der Waals surface area contributed by atoms with Crippen LogP contribution in [-0.4, -0.2) is 19.4 Å². The standard InChI is InChI=1S/C14H12N2O6S/c17-14(22-10-11-6-2-1-3-7-11)15-23(20,21)13-9-5-4-8-12(13)16(18)19/h1-9H,10H2,(H,15,17)/i15+1. The van der Waals surface area contributed by atoms with Crippen molar-refractivity contribution >= 4 is 21.8 Å². The number of ether oxygens (including phenoxy) is 1. The highest BCUT2D eigenvalue weighted by Gasteiger charge is 2.27. The van der Waals surface area contributed by atoms with Crippen LogP contribution in [-0.2, 0) is 21.4 Å². The molecule has 0 aliphatic rings. The number of nitrogens with one attached hydrogen (secondary N) is 1. The molecule has 0 aromatic heterocycles. The molecule has 0 saturated carbocycles. The Labute approximate surface area is 131 Å². The number of nitro benzene ring substituents is 1. The van der Waals surface area contributed by atoms with E-state index in [1.807, 2.05) is 0 Å². The van der Waals surface area contributed by atoms with Crippen molar-refractivity contribution in [2.75, 3.05) is 0 Å². The van der Waals surface area contributed by atoms with Crippen molar-refractivity contribution in [3.63, 3.8) is 0 Å². The zero-order valence-electron chi connectivity index (χ0n) is 11.7. The maximum atomic E-state index is 12.1. The van der Waals surface area contributed by atoms with Crippen LogP contribution in [0.15, 0.2) is 59.5 Å². The summed E-state index contributed by atoms with van der Waals surface area (Å²) < 4.78 is 30.6. The summed E-state index contributed by atoms with van der Waals surface area (Å²) in [6.45, 7) is -0.126. The molecule has 2 aromatic carbocycles. The third-order valence-corrected chi connectivity index (χ3v) is 4.14. The number of nitrogens with zero attached hydrogens (tertiary/aromatic N) is 1. The summed E-state index contributed by atoms with van der Waals surface area (Å²) in [7, 11) is -4.41. The van der Waals surface area contributed by atoms with Crippen LogP contribution in [0, 0.1) is 10.1 Å². The fourth-order valence-corrected chi connectivity index (χ4v) is 2.82. The van der Waals surface area contributed by atoms with E-state index in [4.69, 9.17) is 4.74 Å². The first-order chi connectivity index (χ1) is 10.9. The Balaban J connectivity index is 2.09. The van der Waals surface area contributed by atoms with E-state index in [0.717, 1.165) is 12.1 Å². The average molecular weight is 337 g/mol. The lowest BCUT2D eigenvalue weighted by Gasteiger charge is -2.08. The Morgan fingerprint density at radius 1 is 1.09 bits per heavy atom. The SMILES string of the molecule is O=C([15NH]S(=O)(=O)c1ccccc1[N+](=O)[O-])OCc1ccccc1. The van der Waals surface area contributed by atoms with Crippen LogP contribution in [0.2, 0.25) is 0 Å². The second-order valence-corrected chi connectivity index (χ2v) is 6.04. The van der Waals surface area contributed by atoms with Gasteiger partial charge in [0, 0.05) is 6.07 Å². The summed E-state index contributed by atoms with van der Waals surface area (Å²) in [6, 6.07) is 13.4. The number of amides is 1. The van der Waals surface area contributed by atoms with Gasteiger partial charge in [-0.2, -0.15) is 0 Å². The third-order valence-electron chi connectivity index (χ3n) is 2.78. The van der Waals surface area contributed by atoms with Gasteiger partial charge in [0.25, 0.3) is 15.7 Å². The minimum Gasteiger partial charge on any atom is -0.444 e. The number of hydrogen-bond donors (Lipinski definition) is 1. The number of hydrogen-bond acceptors (Lipinski definition) is 6. The van der Waals surface area contributed by atoms with Gasteiger partial charge < -0.3 is 4.74 Å². The van der Waals surface area contributed by atoms with Crippen LogP contribution >= 0.6 is 0 Å². The summed E-state index contributed by atoms with van der Waals surface area (Å²) in [5.74, 6) is 0. The Kier molecular flexibility index (Phi) is 4.91. The summed E-state index contributed by atoms with van der Waals surface area (Å²) in [5, 5.41) is 10.9. The lowest BCUT2D eigenvalue weighted by atomic mass is 10.2. The first kappa shape index (κ1) is 16.4. The number of rotatable bonds is 5. The third kappa shape index (κ3) is 4.27. The molecule has 120 valence electrons. The molecule has 0 atom stereocenters. The number of carbonyl (C=O) groups excluding carboxylic acids is 1. The summed E-state index contributed by atoms with van der Waals surface area (Å²) in [6.07, 6.45) is -1.22. The minimum absolute atomic E-state index is 0.126. The van der Waals surface area contributed by atoms with E-state index in [9.17, 15) is 23.3 Å². The van der Waals surface area contributed by atoms with Crippen molar-refractivity contribution in [1.82, 2.24) is 4.72 Å². The second-order valence-electron chi connectivity index (χ2n) is 4.39. The zero-order chi connectivity index (χ0) is 16.9. The van der Waals surface area contributed by atoms with Gasteiger partial charge in [-0.15, -0.1) is 0 Å². The number of benzene rings is 2. The van der Waals surface area contributed by atoms with Gasteiger partial charge in [0.15, 0.2) is 4.90 Å². The molecule has 8 nitrogen and oxygen atoms in total. The maximum Gasteiger partial charge on any atom is 0.421 e. The first-order valence-corrected chi connectivity index (χ1v) is 7.85. The van der Waals surface area contributed by atoms with E-state index in [-0.39, 0.29) is 6.61 Å². The highest BCUT2D eigenvalue weighted by atomic mass is 32.2. The highest BCUT2D eigenvalue weighted by molar-refractivity contribution is 7.90. The molecule has 0 bridgehead atoms. The van der Waals surface area contributed by atoms with Crippen LogP contribution in [0.4, 0.5) is 10.5 Å². The molecule has 0 fully saturated rings. The van der Waals surface area contributed by atoms with Gasteiger partial charge in [-0.1, -0.05) is 42.5 Å². The molecule has 0 heterocycles. The molecular formula is C14H12N2O6S. The monoisotopic (exact) mass is 337 g/mol. The molecule has 0 unspecified atom stereocenters. The van der Waals surface area contributed by atoms with E-state index >= 15 is 0 Å². The van der Waals surface area contributed by atoms with Gasteiger partial charge in [-0.25, -0.2) is 17.9 Å². The van der Waals surface area contributed by atoms with Crippen LogP contribution in [0.3, 0.4) is 0 Å². The zero-order valence-corrected chi connectivity index (χ0v) is 12.5. The van der Waals surface area contributed by atoms with Crippen LogP contribution in [0.5, 0.6) is 0 Å². The molecule has 0 aliphatic carbocycles. The largest absolute Gasteiger partial charge is 0.444 e. The smallest absolute Gasteiger partial charge is 0.421 e. The first-order valence-electron chi connectivity index (χ1n) is 6.37. The fraction of sp³-hybridized carbons (Fsp3) is 0.0714. The van der Waals surface area contributed by atoms with Gasteiger partial charge in [0.05, 0.1) is 4.92 Å². The molecule has 0 aliphatic heterocycles. The Bertz CT molecular complexity index is 820. The van der Waals surface area contributed by atoms with E-state index in [1.54, 1.807) is 35.1 Å². The Hall–Kier alpha value is -2.94. The van der Waals surface area contributed by atoms with Gasteiger partial charge in [0.2, 0.25) is 0 Å². The molecule has 0 saturated heterocycles. The maximum absolute atomic E-state index is 12.1. The molecule has 1 N–H and O–H groups in total. The van der Waals surface area contributed by atoms with Crippen LogP contribution in [0.1, 0.15) is 5.56 Å². The van der Waals surface area contributed by atoms with Crippen molar-refractivity contribution in [2.45, 2.75) is 11.5 Å². The normalized spacial score (nSPS) is 10.8. The Morgan fingerprint density at radius 2 is 1.70 bits per heavy atom. The predicted octanol–water partition coefficient (Wildman–Crippen LogP) is 2.21. The molecular weight excluding hydrogens is 325 g/mol. The van der Waals surface area contributed by atoms with Gasteiger partial charge in [0.1, 0.15) is 6.61 Å². The van der Waals surface area contributed by atoms with E-state index in [0.29, 0.717) is 5.56 Å². The highest BCUT2D eigenvalue weighted by Crippen LogP contribution is 2.22. The predicted molar refractivity (Wildman–Crippen MR) is 80.0 cm³/mol. The van der Waals surface area contributed by atoms with Gasteiger partial charge >= 0.3 is 6.09 Å². The summed E-state index contributed by atoms with van der Waals surface area (Å²) >= 11 is 0. The van der Waals surface area contributed by atoms with Crippen molar-refractivity contribution in [3.8, 4) is 0 Å². The molecule has 0 spiro atoms. The van der Waals surface area contributed by atoms with Crippen molar-refractivity contribution in [3.05, 3.63) is 70.3 Å². The number of sulfonamides is 1. The fourth-order valence-electron chi connectivity index (χ4n) is 1.75. The topological polar surface area (TPSA) is 116 Å².